The molecule has 2 aliphatic carbocycles. The third-order valence-corrected chi connectivity index (χ3v) is 7.12. The van der Waals surface area contributed by atoms with Gasteiger partial charge in [-0.1, -0.05) is 20.3 Å². The van der Waals surface area contributed by atoms with Gasteiger partial charge in [0, 0.05) is 12.3 Å². The van der Waals surface area contributed by atoms with Crippen molar-refractivity contribution in [1.29, 1.82) is 0 Å². The van der Waals surface area contributed by atoms with Gasteiger partial charge in [0.05, 0.1) is 0 Å². The van der Waals surface area contributed by atoms with Crippen molar-refractivity contribution in [1.82, 2.24) is 0 Å². The molecular weight excluding hydrogens is 369 g/mol. The van der Waals surface area contributed by atoms with Crippen LogP contribution in [0.25, 0.3) is 0 Å². The molecule has 0 saturated heterocycles. The summed E-state index contributed by atoms with van der Waals surface area (Å²) in [4.78, 5) is 11.1. The SMILES string of the molecule is CC(=O)CCC[C@@H](C)[C@H]1CC[C@H]2C(OS(=O)(=O)C(F)(F)F)=CCC[C@]12C. The highest BCUT2D eigenvalue weighted by molar-refractivity contribution is 7.87. The van der Waals surface area contributed by atoms with Crippen LogP contribution in [0.5, 0.6) is 0 Å². The molecular formula is C18H27F3O4S. The maximum atomic E-state index is 12.7. The van der Waals surface area contributed by atoms with Crippen molar-refractivity contribution in [3.8, 4) is 0 Å². The molecule has 150 valence electrons. The van der Waals surface area contributed by atoms with Crippen molar-refractivity contribution < 1.29 is 30.6 Å². The summed E-state index contributed by atoms with van der Waals surface area (Å²) in [5.41, 5.74) is -5.69. The van der Waals surface area contributed by atoms with Gasteiger partial charge in [-0.2, -0.15) is 21.6 Å². The number of allylic oxidation sites excluding steroid dienone is 2. The maximum absolute atomic E-state index is 12.7. The first-order valence-electron chi connectivity index (χ1n) is 9.08. The molecule has 0 aromatic heterocycles. The Labute approximate surface area is 153 Å². The molecule has 8 heteroatoms. The second-order valence-electron chi connectivity index (χ2n) is 7.94. The summed E-state index contributed by atoms with van der Waals surface area (Å²) < 4.78 is 65.4. The Hall–Kier alpha value is -1.05. The smallest absolute Gasteiger partial charge is 0.381 e. The zero-order chi connectivity index (χ0) is 19.8. The Morgan fingerprint density at radius 1 is 1.38 bits per heavy atom. The van der Waals surface area contributed by atoms with Gasteiger partial charge in [-0.3, -0.25) is 0 Å². The average Bonchev–Trinajstić information content (AvgIpc) is 2.83. The van der Waals surface area contributed by atoms with Crippen LogP contribution >= 0.6 is 0 Å². The normalized spacial score (nSPS) is 30.5. The summed E-state index contributed by atoms with van der Waals surface area (Å²) >= 11 is 0. The van der Waals surface area contributed by atoms with E-state index in [1.54, 1.807) is 6.92 Å². The standard InChI is InChI=1S/C18H27F3O4S/c1-12(6-4-7-13(2)22)14-9-10-15-16(8-5-11-17(14,15)3)25-26(23,24)18(19,20)21/h8,12,14-15H,4-7,9-11H2,1-3H3/t12-,14-,15+,17-/m1/s1. The van der Waals surface area contributed by atoms with E-state index in [1.165, 1.54) is 6.08 Å². The Morgan fingerprint density at radius 2 is 2.04 bits per heavy atom. The highest BCUT2D eigenvalue weighted by Gasteiger charge is 2.54. The number of Topliss-reactive ketones (excluding diaryl/α,β-unsaturated/α-hetero) is 1. The zero-order valence-corrected chi connectivity index (χ0v) is 16.3. The molecule has 0 heterocycles. The number of carbonyl (C=O) groups is 1. The summed E-state index contributed by atoms with van der Waals surface area (Å²) in [5, 5.41) is 0. The molecule has 0 radical (unpaired) electrons. The van der Waals surface area contributed by atoms with Crippen LogP contribution in [-0.4, -0.2) is 19.7 Å². The molecule has 0 aliphatic heterocycles. The monoisotopic (exact) mass is 396 g/mol. The third-order valence-electron chi connectivity index (χ3n) is 6.15. The number of hydrogen-bond acceptors (Lipinski definition) is 4. The number of ketones is 1. The van der Waals surface area contributed by atoms with E-state index in [4.69, 9.17) is 0 Å². The first-order valence-corrected chi connectivity index (χ1v) is 10.5. The van der Waals surface area contributed by atoms with Crippen LogP contribution in [-0.2, 0) is 19.1 Å². The van der Waals surface area contributed by atoms with Crippen molar-refractivity contribution >= 4 is 15.9 Å². The third kappa shape index (κ3) is 4.26. The number of hydrogen-bond donors (Lipinski definition) is 0. The minimum atomic E-state index is -5.63. The maximum Gasteiger partial charge on any atom is 0.534 e. The molecule has 1 saturated carbocycles. The number of rotatable bonds is 7. The van der Waals surface area contributed by atoms with Crippen molar-refractivity contribution in [2.45, 2.75) is 71.2 Å². The van der Waals surface area contributed by atoms with E-state index in [0.717, 1.165) is 25.7 Å². The molecule has 0 bridgehead atoms. The number of fused-ring (bicyclic) bond motifs is 1. The fraction of sp³-hybridized carbons (Fsp3) is 0.833. The van der Waals surface area contributed by atoms with Gasteiger partial charge in [0.1, 0.15) is 11.5 Å². The molecule has 26 heavy (non-hydrogen) atoms. The molecule has 2 aliphatic rings. The van der Waals surface area contributed by atoms with Crippen molar-refractivity contribution in [2.24, 2.45) is 23.2 Å². The molecule has 0 aromatic rings. The van der Waals surface area contributed by atoms with Crippen LogP contribution in [0.2, 0.25) is 0 Å². The second kappa shape index (κ2) is 7.52. The van der Waals surface area contributed by atoms with Gasteiger partial charge in [0.25, 0.3) is 0 Å². The summed E-state index contributed by atoms with van der Waals surface area (Å²) in [6, 6.07) is 0. The van der Waals surface area contributed by atoms with Gasteiger partial charge in [0.2, 0.25) is 0 Å². The van der Waals surface area contributed by atoms with Crippen molar-refractivity contribution in [3.63, 3.8) is 0 Å². The highest BCUT2D eigenvalue weighted by Crippen LogP contribution is 2.59. The number of alkyl halides is 3. The fourth-order valence-electron chi connectivity index (χ4n) is 4.83. The lowest BCUT2D eigenvalue weighted by Crippen LogP contribution is -2.37. The van der Waals surface area contributed by atoms with Crippen LogP contribution in [0.4, 0.5) is 13.2 Å². The molecule has 0 aromatic carbocycles. The summed E-state index contributed by atoms with van der Waals surface area (Å²) in [6.07, 6.45) is 6.48. The Bertz CT molecular complexity index is 668. The van der Waals surface area contributed by atoms with Crippen molar-refractivity contribution in [2.75, 3.05) is 0 Å². The van der Waals surface area contributed by atoms with E-state index >= 15 is 0 Å². The quantitative estimate of drug-likeness (QED) is 0.451. The number of carbonyl (C=O) groups excluding carboxylic acids is 1. The van der Waals surface area contributed by atoms with Crippen LogP contribution < -0.4 is 0 Å². The molecule has 4 nitrogen and oxygen atoms in total. The molecule has 0 N–H and O–H groups in total. The van der Waals surface area contributed by atoms with Crippen LogP contribution in [0.15, 0.2) is 11.8 Å². The largest absolute Gasteiger partial charge is 0.534 e. The summed E-state index contributed by atoms with van der Waals surface area (Å²) in [6.45, 7) is 5.71. The van der Waals surface area contributed by atoms with Gasteiger partial charge in [-0.25, -0.2) is 0 Å². The fourth-order valence-corrected chi connectivity index (χ4v) is 5.37. The van der Waals surface area contributed by atoms with Crippen LogP contribution in [0, 0.1) is 23.2 Å². The lowest BCUT2D eigenvalue weighted by Gasteiger charge is -2.42. The number of halogens is 3. The van der Waals surface area contributed by atoms with E-state index in [2.05, 4.69) is 11.1 Å². The van der Waals surface area contributed by atoms with E-state index < -0.39 is 15.6 Å². The Balaban J connectivity index is 2.12. The van der Waals surface area contributed by atoms with E-state index in [9.17, 15) is 26.4 Å². The van der Waals surface area contributed by atoms with E-state index in [0.29, 0.717) is 25.2 Å². The van der Waals surface area contributed by atoms with E-state index in [-0.39, 0.29) is 28.8 Å². The molecule has 2 rings (SSSR count). The van der Waals surface area contributed by atoms with Gasteiger partial charge in [0.15, 0.2) is 0 Å². The second-order valence-corrected chi connectivity index (χ2v) is 9.48. The predicted molar refractivity (Wildman–Crippen MR) is 91.4 cm³/mol. The van der Waals surface area contributed by atoms with Crippen LogP contribution in [0.1, 0.15) is 65.7 Å². The first-order chi connectivity index (χ1) is 11.9. The molecule has 1 fully saturated rings. The average molecular weight is 396 g/mol. The molecule has 0 unspecified atom stereocenters. The van der Waals surface area contributed by atoms with Gasteiger partial charge < -0.3 is 8.98 Å². The Kier molecular flexibility index (Phi) is 6.15. The summed E-state index contributed by atoms with van der Waals surface area (Å²) in [7, 11) is -5.63. The lowest BCUT2D eigenvalue weighted by molar-refractivity contribution is -0.117. The molecule has 0 spiro atoms. The predicted octanol–water partition coefficient (Wildman–Crippen LogP) is 4.96. The van der Waals surface area contributed by atoms with Crippen LogP contribution in [0.3, 0.4) is 0 Å². The molecule has 4 atom stereocenters. The summed E-state index contributed by atoms with van der Waals surface area (Å²) in [5.74, 6) is 0.396. The highest BCUT2D eigenvalue weighted by atomic mass is 32.2. The topological polar surface area (TPSA) is 60.4 Å². The molecule has 0 amide bonds. The Morgan fingerprint density at radius 3 is 2.62 bits per heavy atom. The van der Waals surface area contributed by atoms with Gasteiger partial charge >= 0.3 is 15.6 Å². The minimum absolute atomic E-state index is 0.0467. The zero-order valence-electron chi connectivity index (χ0n) is 15.4. The first kappa shape index (κ1) is 21.3. The van der Waals surface area contributed by atoms with Crippen molar-refractivity contribution in [3.05, 3.63) is 11.8 Å². The van der Waals surface area contributed by atoms with E-state index in [1.807, 2.05) is 6.92 Å². The minimum Gasteiger partial charge on any atom is -0.381 e. The lowest BCUT2D eigenvalue weighted by atomic mass is 9.63. The van der Waals surface area contributed by atoms with Gasteiger partial charge in [-0.15, -0.1) is 0 Å². The van der Waals surface area contributed by atoms with Gasteiger partial charge in [-0.05, 0) is 62.4 Å².